The van der Waals surface area contributed by atoms with Crippen molar-refractivity contribution < 1.29 is 4.79 Å². The molecule has 0 unspecified atom stereocenters. The van der Waals surface area contributed by atoms with E-state index in [0.29, 0.717) is 10.8 Å². The summed E-state index contributed by atoms with van der Waals surface area (Å²) in [6.45, 7) is 6.12. The van der Waals surface area contributed by atoms with Gasteiger partial charge in [-0.3, -0.25) is 9.89 Å². The maximum absolute atomic E-state index is 12.1. The van der Waals surface area contributed by atoms with E-state index in [1.165, 1.54) is 6.21 Å². The van der Waals surface area contributed by atoms with Gasteiger partial charge in [0, 0.05) is 27.6 Å². The van der Waals surface area contributed by atoms with Gasteiger partial charge in [-0.15, -0.1) is 0 Å². The predicted octanol–water partition coefficient (Wildman–Crippen LogP) is 3.61. The summed E-state index contributed by atoms with van der Waals surface area (Å²) in [6, 6.07) is 9.42. The van der Waals surface area contributed by atoms with E-state index < -0.39 is 0 Å². The van der Waals surface area contributed by atoms with Crippen molar-refractivity contribution in [2.45, 2.75) is 26.2 Å². The number of rotatable bonds is 3. The Morgan fingerprint density at radius 2 is 2.08 bits per heavy atom. The summed E-state index contributed by atoms with van der Waals surface area (Å²) >= 11 is 6.18. The molecule has 124 valence electrons. The molecule has 0 aliphatic heterocycles. The SMILES string of the molecule is CC(C)(C)c1cc(C(=O)NN=Cc2c(Cl)[nH]c3ccccc23)n[nH]1. The first-order valence-corrected chi connectivity index (χ1v) is 7.89. The average Bonchev–Trinajstić information content (AvgIpc) is 3.12. The van der Waals surface area contributed by atoms with Crippen LogP contribution in [-0.2, 0) is 5.41 Å². The highest BCUT2D eigenvalue weighted by Gasteiger charge is 2.19. The summed E-state index contributed by atoms with van der Waals surface area (Å²) < 4.78 is 0. The average molecular weight is 344 g/mol. The number of hydrazone groups is 1. The van der Waals surface area contributed by atoms with Crippen molar-refractivity contribution in [1.82, 2.24) is 20.6 Å². The van der Waals surface area contributed by atoms with Crippen LogP contribution in [-0.4, -0.2) is 27.3 Å². The Morgan fingerprint density at radius 1 is 1.33 bits per heavy atom. The number of aromatic amines is 2. The van der Waals surface area contributed by atoms with Crippen LogP contribution in [0, 0.1) is 0 Å². The standard InChI is InChI=1S/C17H18ClN5O/c1-17(2,3)14-8-13(21-22-14)16(24)23-19-9-11-10-6-4-5-7-12(10)20-15(11)18/h4-9,20H,1-3H3,(H,21,22)(H,23,24). The van der Waals surface area contributed by atoms with Crippen LogP contribution in [0.1, 0.15) is 42.5 Å². The summed E-state index contributed by atoms with van der Waals surface area (Å²) in [5.41, 5.74) is 5.18. The van der Waals surface area contributed by atoms with Gasteiger partial charge in [-0.05, 0) is 12.1 Å². The molecular formula is C17H18ClN5O. The van der Waals surface area contributed by atoms with E-state index in [9.17, 15) is 4.79 Å². The maximum Gasteiger partial charge on any atom is 0.291 e. The van der Waals surface area contributed by atoms with Gasteiger partial charge in [0.1, 0.15) is 5.15 Å². The molecule has 7 heteroatoms. The molecular weight excluding hydrogens is 326 g/mol. The van der Waals surface area contributed by atoms with Crippen LogP contribution in [0.5, 0.6) is 0 Å². The molecule has 1 aromatic carbocycles. The normalized spacial score (nSPS) is 12.2. The van der Waals surface area contributed by atoms with Crippen LogP contribution in [0.4, 0.5) is 0 Å². The highest BCUT2D eigenvalue weighted by Crippen LogP contribution is 2.24. The van der Waals surface area contributed by atoms with Crippen LogP contribution in [0.3, 0.4) is 0 Å². The second kappa shape index (κ2) is 6.13. The third-order valence-corrected chi connectivity index (χ3v) is 3.97. The minimum Gasteiger partial charge on any atom is -0.345 e. The number of halogens is 1. The van der Waals surface area contributed by atoms with Gasteiger partial charge in [-0.2, -0.15) is 10.2 Å². The molecule has 0 spiro atoms. The first kappa shape index (κ1) is 16.3. The zero-order valence-electron chi connectivity index (χ0n) is 13.6. The molecule has 6 nitrogen and oxygen atoms in total. The van der Waals surface area contributed by atoms with Crippen LogP contribution >= 0.6 is 11.6 Å². The lowest BCUT2D eigenvalue weighted by atomic mass is 9.92. The van der Waals surface area contributed by atoms with Gasteiger partial charge < -0.3 is 4.98 Å². The quantitative estimate of drug-likeness (QED) is 0.501. The van der Waals surface area contributed by atoms with Gasteiger partial charge in [0.2, 0.25) is 0 Å². The van der Waals surface area contributed by atoms with E-state index in [1.807, 2.05) is 45.0 Å². The lowest BCUT2D eigenvalue weighted by molar-refractivity contribution is 0.0950. The van der Waals surface area contributed by atoms with E-state index in [0.717, 1.165) is 22.2 Å². The Balaban J connectivity index is 1.75. The number of carbonyl (C=O) groups excluding carboxylic acids is 1. The van der Waals surface area contributed by atoms with Gasteiger partial charge in [0.25, 0.3) is 5.91 Å². The topological polar surface area (TPSA) is 85.9 Å². The molecule has 0 radical (unpaired) electrons. The molecule has 0 saturated carbocycles. The fourth-order valence-electron chi connectivity index (χ4n) is 2.29. The number of hydrogen-bond donors (Lipinski definition) is 3. The van der Waals surface area contributed by atoms with E-state index >= 15 is 0 Å². The Kier molecular flexibility index (Phi) is 4.15. The van der Waals surface area contributed by atoms with Crippen molar-refractivity contribution in [1.29, 1.82) is 0 Å². The number of carbonyl (C=O) groups is 1. The number of fused-ring (bicyclic) bond motifs is 1. The van der Waals surface area contributed by atoms with Crippen LogP contribution in [0.15, 0.2) is 35.4 Å². The number of H-pyrrole nitrogens is 2. The molecule has 0 bridgehead atoms. The lowest BCUT2D eigenvalue weighted by Gasteiger charge is -2.14. The number of nitrogens with one attached hydrogen (secondary N) is 3. The molecule has 3 rings (SSSR count). The number of benzene rings is 1. The fraction of sp³-hybridized carbons (Fsp3) is 0.235. The lowest BCUT2D eigenvalue weighted by Crippen LogP contribution is -2.18. The molecule has 3 aromatic rings. The van der Waals surface area contributed by atoms with Gasteiger partial charge in [-0.1, -0.05) is 50.6 Å². The maximum atomic E-state index is 12.1. The molecule has 1 amide bonds. The third kappa shape index (κ3) is 3.19. The summed E-state index contributed by atoms with van der Waals surface area (Å²) in [5.74, 6) is -0.381. The Hall–Kier alpha value is -2.60. The van der Waals surface area contributed by atoms with Crippen LogP contribution in [0.25, 0.3) is 10.9 Å². The highest BCUT2D eigenvalue weighted by molar-refractivity contribution is 6.34. The van der Waals surface area contributed by atoms with Crippen molar-refractivity contribution in [3.8, 4) is 0 Å². The smallest absolute Gasteiger partial charge is 0.291 e. The largest absolute Gasteiger partial charge is 0.345 e. The first-order valence-electron chi connectivity index (χ1n) is 7.52. The second-order valence-corrected chi connectivity index (χ2v) is 6.89. The number of nitrogens with zero attached hydrogens (tertiary/aromatic N) is 2. The molecule has 2 heterocycles. The van der Waals surface area contributed by atoms with Crippen molar-refractivity contribution in [2.75, 3.05) is 0 Å². The number of aromatic nitrogens is 3. The van der Waals surface area contributed by atoms with Crippen molar-refractivity contribution in [3.05, 3.63) is 52.4 Å². The number of amides is 1. The molecule has 2 aromatic heterocycles. The minimum atomic E-state index is -0.381. The zero-order chi connectivity index (χ0) is 17.3. The van der Waals surface area contributed by atoms with Crippen molar-refractivity contribution in [3.63, 3.8) is 0 Å². The summed E-state index contributed by atoms with van der Waals surface area (Å²) in [4.78, 5) is 15.2. The van der Waals surface area contributed by atoms with Crippen LogP contribution < -0.4 is 5.43 Å². The summed E-state index contributed by atoms with van der Waals surface area (Å²) in [5, 5.41) is 12.3. The summed E-state index contributed by atoms with van der Waals surface area (Å²) in [6.07, 6.45) is 1.52. The fourth-order valence-corrected chi connectivity index (χ4v) is 2.54. The first-order chi connectivity index (χ1) is 11.4. The molecule has 0 atom stereocenters. The predicted molar refractivity (Wildman–Crippen MR) is 95.7 cm³/mol. The monoisotopic (exact) mass is 343 g/mol. The Labute approximate surface area is 144 Å². The van der Waals surface area contributed by atoms with Crippen molar-refractivity contribution >= 4 is 34.6 Å². The Bertz CT molecular complexity index is 917. The highest BCUT2D eigenvalue weighted by atomic mass is 35.5. The number of hydrogen-bond acceptors (Lipinski definition) is 3. The van der Waals surface area contributed by atoms with E-state index in [2.05, 4.69) is 25.7 Å². The molecule has 0 fully saturated rings. The van der Waals surface area contributed by atoms with Gasteiger partial charge in [0.15, 0.2) is 5.69 Å². The zero-order valence-corrected chi connectivity index (χ0v) is 14.4. The van der Waals surface area contributed by atoms with Gasteiger partial charge in [-0.25, -0.2) is 5.43 Å². The minimum absolute atomic E-state index is 0.105. The summed E-state index contributed by atoms with van der Waals surface area (Å²) in [7, 11) is 0. The van der Waals surface area contributed by atoms with E-state index in [-0.39, 0.29) is 11.3 Å². The molecule has 0 aliphatic carbocycles. The molecule has 3 N–H and O–H groups in total. The van der Waals surface area contributed by atoms with Crippen LogP contribution in [0.2, 0.25) is 5.15 Å². The second-order valence-electron chi connectivity index (χ2n) is 6.51. The Morgan fingerprint density at radius 3 is 2.79 bits per heavy atom. The molecule has 0 aliphatic rings. The van der Waals surface area contributed by atoms with Gasteiger partial charge in [0.05, 0.1) is 6.21 Å². The van der Waals surface area contributed by atoms with E-state index in [1.54, 1.807) is 6.07 Å². The van der Waals surface area contributed by atoms with Gasteiger partial charge >= 0.3 is 0 Å². The third-order valence-electron chi connectivity index (χ3n) is 3.68. The van der Waals surface area contributed by atoms with E-state index in [4.69, 9.17) is 11.6 Å². The molecule has 24 heavy (non-hydrogen) atoms. The van der Waals surface area contributed by atoms with Crippen molar-refractivity contribution in [2.24, 2.45) is 5.10 Å². The number of para-hydroxylation sites is 1. The molecule has 0 saturated heterocycles.